The lowest BCUT2D eigenvalue weighted by molar-refractivity contribution is 0.0995. The summed E-state index contributed by atoms with van der Waals surface area (Å²) in [4.78, 5) is 12.3. The van der Waals surface area contributed by atoms with Gasteiger partial charge in [-0.15, -0.1) is 0 Å². The highest BCUT2D eigenvalue weighted by Crippen LogP contribution is 2.30. The largest absolute Gasteiger partial charge is 0.456 e. The molecular formula is C17H14Cl2N2O3. The molecule has 5 nitrogen and oxygen atoms in total. The van der Waals surface area contributed by atoms with E-state index in [9.17, 15) is 4.79 Å². The van der Waals surface area contributed by atoms with Crippen molar-refractivity contribution in [1.82, 2.24) is 5.16 Å². The molecule has 7 heteroatoms. The van der Waals surface area contributed by atoms with Crippen LogP contribution in [0.1, 0.15) is 33.3 Å². The highest BCUT2D eigenvalue weighted by Gasteiger charge is 2.17. The van der Waals surface area contributed by atoms with E-state index in [-0.39, 0.29) is 5.76 Å². The normalized spacial score (nSPS) is 10.8. The Balaban J connectivity index is 1.77. The summed E-state index contributed by atoms with van der Waals surface area (Å²) in [6.07, 6.45) is 0.501. The number of halogens is 2. The van der Waals surface area contributed by atoms with Crippen LogP contribution in [0.25, 0.3) is 0 Å². The zero-order valence-electron chi connectivity index (χ0n) is 13.0. The lowest BCUT2D eigenvalue weighted by Crippen LogP contribution is -2.11. The number of para-hydroxylation sites is 1. The van der Waals surface area contributed by atoms with E-state index in [1.807, 2.05) is 13.8 Å². The summed E-state index contributed by atoms with van der Waals surface area (Å²) in [6.45, 7) is 3.70. The number of furan rings is 1. The lowest BCUT2D eigenvalue weighted by Gasteiger charge is -2.07. The first-order valence-electron chi connectivity index (χ1n) is 7.21. The summed E-state index contributed by atoms with van der Waals surface area (Å²) < 4.78 is 10.7. The first-order valence-corrected chi connectivity index (χ1v) is 7.97. The summed E-state index contributed by atoms with van der Waals surface area (Å²) in [7, 11) is 0. The van der Waals surface area contributed by atoms with E-state index >= 15 is 0 Å². The van der Waals surface area contributed by atoms with Crippen molar-refractivity contribution in [2.45, 2.75) is 20.3 Å². The second-order valence-electron chi connectivity index (χ2n) is 5.30. The Hall–Kier alpha value is -2.24. The third-order valence-electron chi connectivity index (χ3n) is 3.62. The second-order valence-corrected chi connectivity index (χ2v) is 6.11. The molecule has 124 valence electrons. The van der Waals surface area contributed by atoms with Crippen LogP contribution in [0.2, 0.25) is 10.0 Å². The Kier molecular flexibility index (Phi) is 4.64. The summed E-state index contributed by atoms with van der Waals surface area (Å²) in [6, 6.07) is 8.35. The lowest BCUT2D eigenvalue weighted by atomic mass is 10.1. The van der Waals surface area contributed by atoms with Crippen LogP contribution in [-0.4, -0.2) is 11.1 Å². The third-order valence-corrected chi connectivity index (χ3v) is 4.25. The molecule has 2 aromatic heterocycles. The van der Waals surface area contributed by atoms with E-state index in [4.69, 9.17) is 32.1 Å². The van der Waals surface area contributed by atoms with Crippen LogP contribution in [0.4, 0.5) is 5.69 Å². The third kappa shape index (κ3) is 3.32. The number of carbonyl (C=O) groups is 1. The average Bonchev–Trinajstić information content (AvgIpc) is 3.13. The van der Waals surface area contributed by atoms with E-state index in [2.05, 4.69) is 10.5 Å². The number of hydrogen-bond acceptors (Lipinski definition) is 4. The van der Waals surface area contributed by atoms with Crippen LogP contribution in [0.5, 0.6) is 0 Å². The molecule has 0 bridgehead atoms. The highest BCUT2D eigenvalue weighted by atomic mass is 35.5. The van der Waals surface area contributed by atoms with Gasteiger partial charge in [0.2, 0.25) is 0 Å². The van der Waals surface area contributed by atoms with Crippen LogP contribution in [-0.2, 0) is 6.42 Å². The van der Waals surface area contributed by atoms with E-state index in [0.29, 0.717) is 27.9 Å². The van der Waals surface area contributed by atoms with Crippen molar-refractivity contribution >= 4 is 34.8 Å². The van der Waals surface area contributed by atoms with Gasteiger partial charge in [0.1, 0.15) is 11.5 Å². The zero-order valence-corrected chi connectivity index (χ0v) is 14.5. The Labute approximate surface area is 148 Å². The molecule has 2 heterocycles. The van der Waals surface area contributed by atoms with Gasteiger partial charge >= 0.3 is 0 Å². The van der Waals surface area contributed by atoms with Crippen molar-refractivity contribution in [3.05, 3.63) is 68.9 Å². The van der Waals surface area contributed by atoms with Gasteiger partial charge < -0.3 is 14.3 Å². The molecule has 0 radical (unpaired) electrons. The molecule has 1 aromatic carbocycles. The van der Waals surface area contributed by atoms with Gasteiger partial charge in [-0.05, 0) is 38.1 Å². The molecular weight excluding hydrogens is 351 g/mol. The number of carbonyl (C=O) groups excluding carboxylic acids is 1. The van der Waals surface area contributed by atoms with Crippen LogP contribution in [0.15, 0.2) is 39.3 Å². The van der Waals surface area contributed by atoms with Gasteiger partial charge in [0.05, 0.1) is 21.4 Å². The molecule has 0 unspecified atom stereocenters. The maximum atomic E-state index is 12.3. The zero-order chi connectivity index (χ0) is 17.3. The predicted molar refractivity (Wildman–Crippen MR) is 91.9 cm³/mol. The van der Waals surface area contributed by atoms with Crippen molar-refractivity contribution in [1.29, 1.82) is 0 Å². The molecule has 0 saturated heterocycles. The van der Waals surface area contributed by atoms with Crippen molar-refractivity contribution in [2.75, 3.05) is 5.32 Å². The number of rotatable bonds is 4. The van der Waals surface area contributed by atoms with E-state index in [1.165, 1.54) is 0 Å². The fourth-order valence-electron chi connectivity index (χ4n) is 2.32. The molecule has 0 atom stereocenters. The van der Waals surface area contributed by atoms with E-state index in [1.54, 1.807) is 30.3 Å². The number of amides is 1. The van der Waals surface area contributed by atoms with Crippen LogP contribution in [0.3, 0.4) is 0 Å². The molecule has 24 heavy (non-hydrogen) atoms. The molecule has 0 saturated carbocycles. The summed E-state index contributed by atoms with van der Waals surface area (Å²) in [5.74, 6) is 1.13. The topological polar surface area (TPSA) is 68.3 Å². The first kappa shape index (κ1) is 16.6. The number of aryl methyl sites for hydroxylation is 2. The molecule has 0 spiro atoms. The predicted octanol–water partition coefficient (Wildman–Crippen LogP) is 5.03. The second kappa shape index (κ2) is 6.71. The molecule has 0 aliphatic rings. The van der Waals surface area contributed by atoms with Gasteiger partial charge in [-0.2, -0.15) is 0 Å². The summed E-state index contributed by atoms with van der Waals surface area (Å²) in [5, 5.41) is 7.29. The van der Waals surface area contributed by atoms with Crippen LogP contribution < -0.4 is 5.32 Å². The van der Waals surface area contributed by atoms with E-state index in [0.717, 1.165) is 17.0 Å². The minimum Gasteiger partial charge on any atom is -0.456 e. The fraction of sp³-hybridized carbons (Fsp3) is 0.176. The van der Waals surface area contributed by atoms with Gasteiger partial charge in [-0.1, -0.05) is 34.4 Å². The maximum Gasteiger partial charge on any atom is 0.291 e. The number of benzene rings is 1. The monoisotopic (exact) mass is 364 g/mol. The molecule has 0 fully saturated rings. The molecule has 0 aliphatic carbocycles. The number of nitrogens with zero attached hydrogens (tertiary/aromatic N) is 1. The Bertz CT molecular complexity index is 859. The van der Waals surface area contributed by atoms with E-state index < -0.39 is 5.91 Å². The number of anilines is 1. The molecule has 3 aromatic rings. The van der Waals surface area contributed by atoms with Gasteiger partial charge in [-0.3, -0.25) is 4.79 Å². The van der Waals surface area contributed by atoms with Crippen LogP contribution in [0, 0.1) is 13.8 Å². The van der Waals surface area contributed by atoms with Crippen molar-refractivity contribution in [3.8, 4) is 0 Å². The molecule has 1 N–H and O–H groups in total. The molecule has 1 amide bonds. The minimum atomic E-state index is -0.421. The first-order chi connectivity index (χ1) is 11.5. The smallest absolute Gasteiger partial charge is 0.291 e. The van der Waals surface area contributed by atoms with Gasteiger partial charge in [-0.25, -0.2) is 0 Å². The number of aromatic nitrogens is 1. The van der Waals surface area contributed by atoms with Crippen LogP contribution >= 0.6 is 23.2 Å². The van der Waals surface area contributed by atoms with Crippen molar-refractivity contribution < 1.29 is 13.7 Å². The Morgan fingerprint density at radius 3 is 2.50 bits per heavy atom. The highest BCUT2D eigenvalue weighted by molar-refractivity contribution is 6.39. The Morgan fingerprint density at radius 1 is 1.17 bits per heavy atom. The maximum absolute atomic E-state index is 12.3. The summed E-state index contributed by atoms with van der Waals surface area (Å²) >= 11 is 12.1. The van der Waals surface area contributed by atoms with Gasteiger partial charge in [0.15, 0.2) is 5.76 Å². The van der Waals surface area contributed by atoms with Gasteiger partial charge in [0.25, 0.3) is 5.91 Å². The fourth-order valence-corrected chi connectivity index (χ4v) is 2.81. The molecule has 3 rings (SSSR count). The standard InChI is InChI=1S/C17H14Cl2N2O3/c1-9-12(10(2)24-21-9)8-11-6-7-15(23-11)17(22)20-16-13(18)4-3-5-14(16)19/h3-7H,8H2,1-2H3,(H,20,22). The molecule has 0 aliphatic heterocycles. The SMILES string of the molecule is Cc1noc(C)c1Cc1ccc(C(=O)Nc2c(Cl)cccc2Cl)o1. The number of nitrogens with one attached hydrogen (secondary N) is 1. The number of hydrogen-bond donors (Lipinski definition) is 1. The minimum absolute atomic E-state index is 0.174. The quantitative estimate of drug-likeness (QED) is 0.704. The Morgan fingerprint density at radius 2 is 1.88 bits per heavy atom. The summed E-state index contributed by atoms with van der Waals surface area (Å²) in [5.41, 5.74) is 2.11. The van der Waals surface area contributed by atoms with Crippen molar-refractivity contribution in [2.24, 2.45) is 0 Å². The average molecular weight is 365 g/mol. The van der Waals surface area contributed by atoms with Gasteiger partial charge in [0, 0.05) is 12.0 Å². The van der Waals surface area contributed by atoms with Crippen molar-refractivity contribution in [3.63, 3.8) is 0 Å².